The number of nitrogens with zero attached hydrogens (tertiary/aromatic N) is 1. The van der Waals surface area contributed by atoms with Crippen molar-refractivity contribution in [3.63, 3.8) is 0 Å². The summed E-state index contributed by atoms with van der Waals surface area (Å²) in [5, 5.41) is 3.89. The van der Waals surface area contributed by atoms with E-state index >= 15 is 0 Å². The molecule has 0 fully saturated rings. The molecule has 2 aromatic carbocycles. The maximum absolute atomic E-state index is 12.6. The predicted octanol–water partition coefficient (Wildman–Crippen LogP) is 5.02. The molecule has 4 rings (SSSR count). The number of anilines is 1. The van der Waals surface area contributed by atoms with Gasteiger partial charge in [0, 0.05) is 11.1 Å². The molecule has 2 aromatic heterocycles. The molecule has 1 amide bonds. The van der Waals surface area contributed by atoms with E-state index in [1.807, 2.05) is 25.1 Å². The summed E-state index contributed by atoms with van der Waals surface area (Å²) in [4.78, 5) is 29.3. The molecule has 142 valence electrons. The van der Waals surface area contributed by atoms with Gasteiger partial charge in [0.15, 0.2) is 16.3 Å². The summed E-state index contributed by atoms with van der Waals surface area (Å²) in [6, 6.07) is 9.87. The predicted molar refractivity (Wildman–Crippen MR) is 111 cm³/mol. The lowest BCUT2D eigenvalue weighted by Gasteiger charge is -2.04. The highest BCUT2D eigenvalue weighted by atomic mass is 35.5. The Hall–Kier alpha value is -2.90. The van der Waals surface area contributed by atoms with Crippen molar-refractivity contribution in [1.82, 2.24) is 4.98 Å². The number of aromatic nitrogens is 1. The van der Waals surface area contributed by atoms with Crippen LogP contribution in [0, 0.1) is 6.92 Å². The van der Waals surface area contributed by atoms with Crippen molar-refractivity contribution < 1.29 is 13.9 Å². The molecule has 0 aliphatic heterocycles. The molecular formula is C20H15ClN2O4S. The van der Waals surface area contributed by atoms with Crippen LogP contribution in [0.4, 0.5) is 5.13 Å². The molecule has 6 nitrogen and oxygen atoms in total. The average Bonchev–Trinajstić information content (AvgIpc) is 3.05. The van der Waals surface area contributed by atoms with E-state index in [-0.39, 0.29) is 11.2 Å². The summed E-state index contributed by atoms with van der Waals surface area (Å²) in [5.74, 6) is 0.107. The van der Waals surface area contributed by atoms with E-state index < -0.39 is 5.91 Å². The number of thiazole rings is 1. The van der Waals surface area contributed by atoms with Gasteiger partial charge in [-0.05, 0) is 49.7 Å². The highest BCUT2D eigenvalue weighted by Gasteiger charge is 2.16. The van der Waals surface area contributed by atoms with E-state index in [2.05, 4.69) is 10.3 Å². The Morgan fingerprint density at radius 3 is 2.89 bits per heavy atom. The highest BCUT2D eigenvalue weighted by molar-refractivity contribution is 7.22. The van der Waals surface area contributed by atoms with Crippen LogP contribution in [0.3, 0.4) is 0 Å². The zero-order valence-corrected chi connectivity index (χ0v) is 16.6. The van der Waals surface area contributed by atoms with Crippen LogP contribution in [0.5, 0.6) is 5.75 Å². The van der Waals surface area contributed by atoms with Gasteiger partial charge in [-0.1, -0.05) is 22.9 Å². The largest absolute Gasteiger partial charge is 0.494 e. The first-order valence-electron chi connectivity index (χ1n) is 8.53. The molecule has 28 heavy (non-hydrogen) atoms. The van der Waals surface area contributed by atoms with Crippen molar-refractivity contribution in [3.8, 4) is 5.75 Å². The van der Waals surface area contributed by atoms with Crippen LogP contribution in [0.1, 0.15) is 23.0 Å². The fourth-order valence-electron chi connectivity index (χ4n) is 2.76. The van der Waals surface area contributed by atoms with Gasteiger partial charge in [-0.15, -0.1) is 0 Å². The number of fused-ring (bicyclic) bond motifs is 2. The van der Waals surface area contributed by atoms with Crippen LogP contribution in [0.25, 0.3) is 21.2 Å². The number of aryl methyl sites for hydroxylation is 1. The van der Waals surface area contributed by atoms with Gasteiger partial charge in [0.2, 0.25) is 0 Å². The number of amides is 1. The molecule has 0 atom stereocenters. The fraction of sp³-hybridized carbons (Fsp3) is 0.150. The maximum Gasteiger partial charge on any atom is 0.293 e. The van der Waals surface area contributed by atoms with Crippen molar-refractivity contribution in [2.75, 3.05) is 11.9 Å². The lowest BCUT2D eigenvalue weighted by Crippen LogP contribution is -2.14. The number of halogens is 1. The van der Waals surface area contributed by atoms with E-state index in [1.54, 1.807) is 19.1 Å². The topological polar surface area (TPSA) is 81.4 Å². The third-order valence-electron chi connectivity index (χ3n) is 4.12. The molecule has 8 heteroatoms. The Morgan fingerprint density at radius 2 is 2.11 bits per heavy atom. The monoisotopic (exact) mass is 414 g/mol. The van der Waals surface area contributed by atoms with Crippen LogP contribution in [0.2, 0.25) is 5.02 Å². The zero-order valence-electron chi connectivity index (χ0n) is 15.0. The summed E-state index contributed by atoms with van der Waals surface area (Å²) in [7, 11) is 0. The minimum Gasteiger partial charge on any atom is -0.494 e. The lowest BCUT2D eigenvalue weighted by molar-refractivity contribution is 0.0997. The van der Waals surface area contributed by atoms with Crippen molar-refractivity contribution in [1.29, 1.82) is 0 Å². The average molecular weight is 415 g/mol. The molecule has 0 bridgehead atoms. The third-order valence-corrected chi connectivity index (χ3v) is 5.46. The Labute approximate surface area is 168 Å². The van der Waals surface area contributed by atoms with Crippen LogP contribution < -0.4 is 15.5 Å². The van der Waals surface area contributed by atoms with Crippen LogP contribution in [0.15, 0.2) is 45.6 Å². The molecule has 0 spiro atoms. The third kappa shape index (κ3) is 3.46. The summed E-state index contributed by atoms with van der Waals surface area (Å²) in [5.41, 5.74) is 1.48. The first kappa shape index (κ1) is 18.5. The molecule has 4 aromatic rings. The molecule has 0 aliphatic carbocycles. The number of rotatable bonds is 4. The standard InChI is InChI=1S/C20H15ClN2O4S/c1-3-26-11-4-5-14-18(7-11)28-20(22-14)23-19(25)17-9-15(24)12-8-13(21)10(2)6-16(12)27-17/h4-9H,3H2,1-2H3,(H,22,23,25). The van der Waals surface area contributed by atoms with Gasteiger partial charge in [-0.3, -0.25) is 14.9 Å². The first-order valence-corrected chi connectivity index (χ1v) is 9.73. The molecule has 0 unspecified atom stereocenters. The minimum atomic E-state index is -0.546. The van der Waals surface area contributed by atoms with Gasteiger partial charge in [0.25, 0.3) is 5.91 Å². The number of ether oxygens (including phenoxy) is 1. The SMILES string of the molecule is CCOc1ccc2nc(NC(=O)c3cc(=O)c4cc(Cl)c(C)cc4o3)sc2c1. The molecular weight excluding hydrogens is 400 g/mol. The molecule has 2 heterocycles. The van der Waals surface area contributed by atoms with Crippen LogP contribution in [-0.4, -0.2) is 17.5 Å². The number of nitrogens with one attached hydrogen (secondary N) is 1. The number of carbonyl (C=O) groups excluding carboxylic acids is 1. The van der Waals surface area contributed by atoms with Gasteiger partial charge in [0.1, 0.15) is 11.3 Å². The number of hydrogen-bond donors (Lipinski definition) is 1. The maximum atomic E-state index is 12.6. The number of hydrogen-bond acceptors (Lipinski definition) is 6. The summed E-state index contributed by atoms with van der Waals surface area (Å²) in [6.07, 6.45) is 0. The second-order valence-electron chi connectivity index (χ2n) is 6.11. The van der Waals surface area contributed by atoms with Gasteiger partial charge in [-0.25, -0.2) is 4.98 Å². The van der Waals surface area contributed by atoms with E-state index in [0.717, 1.165) is 27.6 Å². The van der Waals surface area contributed by atoms with Crippen molar-refractivity contribution in [3.05, 3.63) is 63.0 Å². The second kappa shape index (κ2) is 7.26. The number of benzene rings is 2. The van der Waals surface area contributed by atoms with Crippen molar-refractivity contribution >= 4 is 55.2 Å². The van der Waals surface area contributed by atoms with Gasteiger partial charge < -0.3 is 9.15 Å². The minimum absolute atomic E-state index is 0.0894. The van der Waals surface area contributed by atoms with Crippen molar-refractivity contribution in [2.24, 2.45) is 0 Å². The van der Waals surface area contributed by atoms with Gasteiger partial charge in [-0.2, -0.15) is 0 Å². The molecule has 0 radical (unpaired) electrons. The van der Waals surface area contributed by atoms with Crippen LogP contribution >= 0.6 is 22.9 Å². The van der Waals surface area contributed by atoms with E-state index in [1.165, 1.54) is 11.3 Å². The lowest BCUT2D eigenvalue weighted by atomic mass is 10.1. The Morgan fingerprint density at radius 1 is 1.29 bits per heavy atom. The smallest absolute Gasteiger partial charge is 0.293 e. The highest BCUT2D eigenvalue weighted by Crippen LogP contribution is 2.30. The number of carbonyl (C=O) groups is 1. The molecule has 0 saturated heterocycles. The summed E-state index contributed by atoms with van der Waals surface area (Å²) in [6.45, 7) is 4.28. The first-order chi connectivity index (χ1) is 13.4. The molecule has 1 N–H and O–H groups in total. The zero-order chi connectivity index (χ0) is 19.8. The quantitative estimate of drug-likeness (QED) is 0.507. The van der Waals surface area contributed by atoms with E-state index in [0.29, 0.717) is 27.7 Å². The summed E-state index contributed by atoms with van der Waals surface area (Å²) >= 11 is 7.38. The molecule has 0 aliphatic rings. The van der Waals surface area contributed by atoms with E-state index in [4.69, 9.17) is 20.8 Å². The second-order valence-corrected chi connectivity index (χ2v) is 7.55. The van der Waals surface area contributed by atoms with E-state index in [9.17, 15) is 9.59 Å². The molecule has 0 saturated carbocycles. The summed E-state index contributed by atoms with van der Waals surface area (Å²) < 4.78 is 12.0. The van der Waals surface area contributed by atoms with Crippen molar-refractivity contribution in [2.45, 2.75) is 13.8 Å². The fourth-order valence-corrected chi connectivity index (χ4v) is 3.82. The Kier molecular flexibility index (Phi) is 4.78. The van der Waals surface area contributed by atoms with Gasteiger partial charge in [0.05, 0.1) is 22.2 Å². The Balaban J connectivity index is 1.65. The van der Waals surface area contributed by atoms with Gasteiger partial charge >= 0.3 is 0 Å². The Bertz CT molecular complexity index is 1280. The van der Waals surface area contributed by atoms with Crippen LogP contribution in [-0.2, 0) is 0 Å². The normalized spacial score (nSPS) is 11.1.